The molecule has 0 saturated carbocycles. The van der Waals surface area contributed by atoms with Gasteiger partial charge in [0, 0.05) is 27.5 Å². The van der Waals surface area contributed by atoms with Crippen molar-refractivity contribution in [3.05, 3.63) is 83.9 Å². The minimum absolute atomic E-state index is 0.0145. The molecule has 3 N–H and O–H groups in total. The van der Waals surface area contributed by atoms with Gasteiger partial charge in [-0.25, -0.2) is 0 Å². The highest BCUT2D eigenvalue weighted by Gasteiger charge is 2.18. The fourth-order valence-corrected chi connectivity index (χ4v) is 4.64. The number of Topliss-reactive ketones (excluding diaryl/α,β-unsaturated/α-hetero) is 1. The van der Waals surface area contributed by atoms with E-state index in [1.807, 2.05) is 55.5 Å². The first-order valence-corrected chi connectivity index (χ1v) is 12.9. The standard InChI is InChI=1S/C28H31N3O2S2/c1-5-26(27(33)29-22-13-9-20(10-14-22)18(2)3)35-25-8-6-7-24(17-25)31-28(34)30-23-15-11-21(12-16-23)19(4)32/h6-18,26H,5H2,1-4H3,(H,29,33)(H2,30,31,34). The zero-order valence-corrected chi connectivity index (χ0v) is 22.1. The third-order valence-electron chi connectivity index (χ3n) is 5.43. The zero-order valence-electron chi connectivity index (χ0n) is 20.4. The number of nitrogens with one attached hydrogen (secondary N) is 3. The van der Waals surface area contributed by atoms with Gasteiger partial charge in [-0.05, 0) is 91.6 Å². The van der Waals surface area contributed by atoms with Crippen LogP contribution in [0.15, 0.2) is 77.7 Å². The number of thiocarbonyl (C=S) groups is 1. The molecule has 3 aromatic carbocycles. The predicted molar refractivity (Wildman–Crippen MR) is 152 cm³/mol. The largest absolute Gasteiger partial charge is 0.332 e. The van der Waals surface area contributed by atoms with Gasteiger partial charge in [0.15, 0.2) is 10.9 Å². The van der Waals surface area contributed by atoms with Crippen LogP contribution in [-0.4, -0.2) is 22.1 Å². The molecule has 0 aromatic heterocycles. The molecule has 0 aliphatic heterocycles. The van der Waals surface area contributed by atoms with Crippen LogP contribution in [0.3, 0.4) is 0 Å². The molecule has 0 spiro atoms. The number of rotatable bonds is 9. The van der Waals surface area contributed by atoms with Crippen molar-refractivity contribution in [3.63, 3.8) is 0 Å². The van der Waals surface area contributed by atoms with Crippen LogP contribution in [0, 0.1) is 0 Å². The summed E-state index contributed by atoms with van der Waals surface area (Å²) in [6, 6.07) is 23.0. The Labute approximate surface area is 217 Å². The number of carbonyl (C=O) groups is 2. The molecule has 7 heteroatoms. The topological polar surface area (TPSA) is 70.2 Å². The number of thioether (sulfide) groups is 1. The molecule has 1 unspecified atom stereocenters. The van der Waals surface area contributed by atoms with Gasteiger partial charge in [0.05, 0.1) is 5.25 Å². The fraction of sp³-hybridized carbons (Fsp3) is 0.250. The zero-order chi connectivity index (χ0) is 25.4. The second kappa shape index (κ2) is 12.5. The van der Waals surface area contributed by atoms with E-state index < -0.39 is 0 Å². The van der Waals surface area contributed by atoms with E-state index in [0.717, 1.165) is 22.0 Å². The van der Waals surface area contributed by atoms with Crippen molar-refractivity contribution in [1.29, 1.82) is 0 Å². The first-order valence-electron chi connectivity index (χ1n) is 11.6. The summed E-state index contributed by atoms with van der Waals surface area (Å²) in [4.78, 5) is 25.3. The van der Waals surface area contributed by atoms with Crippen LogP contribution in [0.2, 0.25) is 0 Å². The van der Waals surface area contributed by atoms with E-state index in [9.17, 15) is 9.59 Å². The molecule has 0 aliphatic rings. The van der Waals surface area contributed by atoms with Crippen LogP contribution in [0.4, 0.5) is 17.1 Å². The van der Waals surface area contributed by atoms with E-state index >= 15 is 0 Å². The van der Waals surface area contributed by atoms with Crippen molar-refractivity contribution in [1.82, 2.24) is 0 Å². The lowest BCUT2D eigenvalue weighted by Crippen LogP contribution is -2.24. The molecule has 182 valence electrons. The van der Waals surface area contributed by atoms with Crippen molar-refractivity contribution in [2.45, 2.75) is 50.2 Å². The first kappa shape index (κ1) is 26.4. The van der Waals surface area contributed by atoms with Crippen LogP contribution >= 0.6 is 24.0 Å². The lowest BCUT2D eigenvalue weighted by Gasteiger charge is -2.16. The summed E-state index contributed by atoms with van der Waals surface area (Å²) in [7, 11) is 0. The van der Waals surface area contributed by atoms with Gasteiger partial charge in [-0.1, -0.05) is 39.0 Å². The van der Waals surface area contributed by atoms with Crippen LogP contribution < -0.4 is 16.0 Å². The van der Waals surface area contributed by atoms with E-state index in [1.165, 1.54) is 24.2 Å². The van der Waals surface area contributed by atoms with Gasteiger partial charge in [0.25, 0.3) is 0 Å². The minimum atomic E-state index is -0.222. The number of benzene rings is 3. The maximum Gasteiger partial charge on any atom is 0.237 e. The quantitative estimate of drug-likeness (QED) is 0.161. The van der Waals surface area contributed by atoms with Crippen molar-refractivity contribution < 1.29 is 9.59 Å². The average Bonchev–Trinajstić information content (AvgIpc) is 2.83. The molecule has 35 heavy (non-hydrogen) atoms. The number of ketones is 1. The number of hydrogen-bond acceptors (Lipinski definition) is 4. The first-order chi connectivity index (χ1) is 16.7. The molecule has 1 atom stereocenters. The highest BCUT2D eigenvalue weighted by molar-refractivity contribution is 8.00. The molecule has 0 aliphatic carbocycles. The summed E-state index contributed by atoms with van der Waals surface area (Å²) in [6.45, 7) is 7.85. The Bertz CT molecular complexity index is 1180. The van der Waals surface area contributed by atoms with Gasteiger partial charge in [-0.2, -0.15) is 0 Å². The van der Waals surface area contributed by atoms with E-state index in [0.29, 0.717) is 23.0 Å². The Balaban J connectivity index is 1.58. The Kier molecular flexibility index (Phi) is 9.46. The van der Waals surface area contributed by atoms with Crippen LogP contribution in [0.25, 0.3) is 0 Å². The van der Waals surface area contributed by atoms with Gasteiger partial charge in [-0.3, -0.25) is 9.59 Å². The average molecular weight is 506 g/mol. The van der Waals surface area contributed by atoms with Crippen LogP contribution in [0.5, 0.6) is 0 Å². The molecule has 3 aromatic rings. The summed E-state index contributed by atoms with van der Waals surface area (Å²) in [5, 5.41) is 9.56. The molecular formula is C28H31N3O2S2. The van der Waals surface area contributed by atoms with E-state index in [-0.39, 0.29) is 16.9 Å². The normalized spacial score (nSPS) is 11.6. The highest BCUT2D eigenvalue weighted by atomic mass is 32.2. The number of anilines is 3. The number of carbonyl (C=O) groups excluding carboxylic acids is 2. The second-order valence-electron chi connectivity index (χ2n) is 8.52. The van der Waals surface area contributed by atoms with Crippen molar-refractivity contribution in [3.8, 4) is 0 Å². The van der Waals surface area contributed by atoms with Crippen LogP contribution in [-0.2, 0) is 4.79 Å². The molecular weight excluding hydrogens is 474 g/mol. The third-order valence-corrected chi connectivity index (χ3v) is 6.99. The van der Waals surface area contributed by atoms with Crippen molar-refractivity contribution in [2.75, 3.05) is 16.0 Å². The Hall–Kier alpha value is -3.16. The molecule has 5 nitrogen and oxygen atoms in total. The van der Waals surface area contributed by atoms with Gasteiger partial charge in [0.2, 0.25) is 5.91 Å². The van der Waals surface area contributed by atoms with E-state index in [1.54, 1.807) is 12.1 Å². The SMILES string of the molecule is CCC(Sc1cccc(NC(=S)Nc2ccc(C(C)=O)cc2)c1)C(=O)Nc1ccc(C(C)C)cc1. The Morgan fingerprint density at radius 2 is 1.46 bits per heavy atom. The van der Waals surface area contributed by atoms with Crippen molar-refractivity contribution >= 4 is 57.8 Å². The predicted octanol–water partition coefficient (Wildman–Crippen LogP) is 7.33. The lowest BCUT2D eigenvalue weighted by molar-refractivity contribution is -0.115. The van der Waals surface area contributed by atoms with Crippen molar-refractivity contribution in [2.24, 2.45) is 0 Å². The lowest BCUT2D eigenvalue weighted by atomic mass is 10.0. The Morgan fingerprint density at radius 1 is 0.857 bits per heavy atom. The summed E-state index contributed by atoms with van der Waals surface area (Å²) < 4.78 is 0. The molecule has 0 radical (unpaired) electrons. The second-order valence-corrected chi connectivity index (χ2v) is 10.2. The number of hydrogen-bond donors (Lipinski definition) is 3. The monoisotopic (exact) mass is 505 g/mol. The molecule has 0 bridgehead atoms. The summed E-state index contributed by atoms with van der Waals surface area (Å²) in [6.07, 6.45) is 0.703. The van der Waals surface area contributed by atoms with E-state index in [4.69, 9.17) is 12.2 Å². The van der Waals surface area contributed by atoms with Gasteiger partial charge < -0.3 is 16.0 Å². The summed E-state index contributed by atoms with van der Waals surface area (Å²) >= 11 is 6.96. The maximum absolute atomic E-state index is 12.9. The summed E-state index contributed by atoms with van der Waals surface area (Å²) in [5.74, 6) is 0.462. The van der Waals surface area contributed by atoms with E-state index in [2.05, 4.69) is 41.9 Å². The minimum Gasteiger partial charge on any atom is -0.332 e. The summed E-state index contributed by atoms with van der Waals surface area (Å²) in [5.41, 5.74) is 4.33. The molecule has 0 heterocycles. The van der Waals surface area contributed by atoms with Gasteiger partial charge >= 0.3 is 0 Å². The number of amides is 1. The molecule has 1 amide bonds. The van der Waals surface area contributed by atoms with Crippen LogP contribution in [0.1, 0.15) is 56.0 Å². The molecule has 3 rings (SSSR count). The van der Waals surface area contributed by atoms with Gasteiger partial charge in [0.1, 0.15) is 0 Å². The van der Waals surface area contributed by atoms with Gasteiger partial charge in [-0.15, -0.1) is 11.8 Å². The highest BCUT2D eigenvalue weighted by Crippen LogP contribution is 2.29. The molecule has 0 saturated heterocycles. The molecule has 0 fully saturated rings. The third kappa shape index (κ3) is 7.94. The smallest absolute Gasteiger partial charge is 0.237 e. The fourth-order valence-electron chi connectivity index (χ4n) is 3.39. The Morgan fingerprint density at radius 3 is 2.06 bits per heavy atom. The maximum atomic E-state index is 12.9.